The minimum Gasteiger partial charge on any atom is -0.489 e. The monoisotopic (exact) mass is 372 g/mol. The number of halogens is 1. The third kappa shape index (κ3) is 4.22. The number of benzene rings is 2. The molecule has 134 valence electrons. The molecule has 2 amide bonds. The van der Waals surface area contributed by atoms with E-state index in [9.17, 15) is 9.59 Å². The third-order valence-electron chi connectivity index (χ3n) is 3.79. The molecule has 0 saturated carbocycles. The Bertz CT molecular complexity index is 832. The standard InChI is InChI=1S/C19H17ClN2O4/c20-14-3-1-13(2-4-14)12-26-16-7-5-15(6-8-16)21-17-11-18(24)22(9-10-23)19(17)25/h1-8,11,21,23H,9-10,12H2. The lowest BCUT2D eigenvalue weighted by atomic mass is 10.2. The zero-order chi connectivity index (χ0) is 18.5. The van der Waals surface area contributed by atoms with Crippen LogP contribution in [0.25, 0.3) is 0 Å². The van der Waals surface area contributed by atoms with Gasteiger partial charge >= 0.3 is 0 Å². The van der Waals surface area contributed by atoms with Gasteiger partial charge in [0, 0.05) is 16.8 Å². The number of aliphatic hydroxyl groups is 1. The number of imide groups is 1. The first-order valence-corrected chi connectivity index (χ1v) is 8.37. The number of nitrogens with one attached hydrogen (secondary N) is 1. The Labute approximate surface area is 155 Å². The SMILES string of the molecule is O=C1C=C(Nc2ccc(OCc3ccc(Cl)cc3)cc2)C(=O)N1CCO. The lowest BCUT2D eigenvalue weighted by Gasteiger charge is -2.13. The molecule has 3 rings (SSSR count). The Morgan fingerprint density at radius 2 is 1.73 bits per heavy atom. The van der Waals surface area contributed by atoms with Crippen LogP contribution in [-0.4, -0.2) is 35.0 Å². The van der Waals surface area contributed by atoms with Crippen LogP contribution < -0.4 is 10.1 Å². The van der Waals surface area contributed by atoms with Gasteiger partial charge in [-0.15, -0.1) is 0 Å². The van der Waals surface area contributed by atoms with E-state index in [-0.39, 0.29) is 18.8 Å². The largest absolute Gasteiger partial charge is 0.489 e. The number of aliphatic hydroxyl groups excluding tert-OH is 1. The Morgan fingerprint density at radius 1 is 1.04 bits per heavy atom. The van der Waals surface area contributed by atoms with Gasteiger partial charge in [-0.1, -0.05) is 23.7 Å². The predicted molar refractivity (Wildman–Crippen MR) is 97.7 cm³/mol. The minimum absolute atomic E-state index is 0.0170. The van der Waals surface area contributed by atoms with E-state index >= 15 is 0 Å². The third-order valence-corrected chi connectivity index (χ3v) is 4.04. The van der Waals surface area contributed by atoms with Crippen LogP contribution in [0.5, 0.6) is 5.75 Å². The van der Waals surface area contributed by atoms with Crippen LogP contribution in [-0.2, 0) is 16.2 Å². The molecule has 26 heavy (non-hydrogen) atoms. The van der Waals surface area contributed by atoms with Gasteiger partial charge in [0.2, 0.25) is 0 Å². The van der Waals surface area contributed by atoms with Gasteiger partial charge in [0.15, 0.2) is 0 Å². The highest BCUT2D eigenvalue weighted by Gasteiger charge is 2.30. The summed E-state index contributed by atoms with van der Waals surface area (Å²) in [6.45, 7) is 0.132. The highest BCUT2D eigenvalue weighted by molar-refractivity contribution is 6.30. The van der Waals surface area contributed by atoms with Crippen LogP contribution in [0.15, 0.2) is 60.3 Å². The summed E-state index contributed by atoms with van der Waals surface area (Å²) in [5, 5.41) is 12.5. The number of carbonyl (C=O) groups is 2. The van der Waals surface area contributed by atoms with Crippen LogP contribution in [0.2, 0.25) is 5.02 Å². The fraction of sp³-hybridized carbons (Fsp3) is 0.158. The summed E-state index contributed by atoms with van der Waals surface area (Å²) in [4.78, 5) is 24.8. The first-order valence-electron chi connectivity index (χ1n) is 7.99. The van der Waals surface area contributed by atoms with Crippen molar-refractivity contribution >= 4 is 29.1 Å². The number of amides is 2. The van der Waals surface area contributed by atoms with E-state index in [0.717, 1.165) is 10.5 Å². The van der Waals surface area contributed by atoms with Crippen molar-refractivity contribution in [2.75, 3.05) is 18.5 Å². The Morgan fingerprint density at radius 3 is 2.38 bits per heavy atom. The number of β-amino-alcohol motifs (C(OH)–C–C–N with tert-alkyl or cyclic N) is 1. The van der Waals surface area contributed by atoms with Crippen molar-refractivity contribution in [1.82, 2.24) is 4.90 Å². The second-order valence-electron chi connectivity index (χ2n) is 5.64. The summed E-state index contributed by atoms with van der Waals surface area (Å²) in [5.41, 5.74) is 1.83. The summed E-state index contributed by atoms with van der Waals surface area (Å²) >= 11 is 5.85. The summed E-state index contributed by atoms with van der Waals surface area (Å²) in [6.07, 6.45) is 1.23. The van der Waals surface area contributed by atoms with E-state index in [2.05, 4.69) is 5.32 Å². The molecule has 0 saturated heterocycles. The molecule has 0 aromatic heterocycles. The molecule has 0 atom stereocenters. The van der Waals surface area contributed by atoms with Gasteiger partial charge in [-0.05, 0) is 42.0 Å². The average molecular weight is 373 g/mol. The molecule has 1 aliphatic heterocycles. The summed E-state index contributed by atoms with van der Waals surface area (Å²) in [6, 6.07) is 14.4. The van der Waals surface area contributed by atoms with E-state index in [4.69, 9.17) is 21.4 Å². The van der Waals surface area contributed by atoms with E-state index < -0.39 is 11.8 Å². The van der Waals surface area contributed by atoms with Gasteiger partial charge in [0.05, 0.1) is 13.2 Å². The Balaban J connectivity index is 1.58. The molecule has 0 fully saturated rings. The van der Waals surface area contributed by atoms with Crippen molar-refractivity contribution in [3.8, 4) is 5.75 Å². The van der Waals surface area contributed by atoms with Gasteiger partial charge in [0.25, 0.3) is 11.8 Å². The van der Waals surface area contributed by atoms with Crippen molar-refractivity contribution in [3.63, 3.8) is 0 Å². The molecular formula is C19H17ClN2O4. The smallest absolute Gasteiger partial charge is 0.277 e. The molecule has 0 spiro atoms. The van der Waals surface area contributed by atoms with Crippen molar-refractivity contribution in [1.29, 1.82) is 0 Å². The average Bonchev–Trinajstić information content (AvgIpc) is 2.90. The Hall–Kier alpha value is -2.83. The molecule has 0 radical (unpaired) electrons. The molecule has 2 aromatic rings. The molecule has 0 unspecified atom stereocenters. The molecule has 1 heterocycles. The van der Waals surface area contributed by atoms with Crippen LogP contribution in [0.4, 0.5) is 5.69 Å². The van der Waals surface area contributed by atoms with Crippen LogP contribution >= 0.6 is 11.6 Å². The second kappa shape index (κ2) is 8.03. The van der Waals surface area contributed by atoms with Gasteiger partial charge in [-0.3, -0.25) is 14.5 Å². The lowest BCUT2D eigenvalue weighted by molar-refractivity contribution is -0.137. The van der Waals surface area contributed by atoms with E-state index in [1.54, 1.807) is 36.4 Å². The van der Waals surface area contributed by atoms with Gasteiger partial charge in [-0.25, -0.2) is 0 Å². The number of ether oxygens (including phenoxy) is 1. The topological polar surface area (TPSA) is 78.9 Å². The Kier molecular flexibility index (Phi) is 5.55. The number of hydrogen-bond donors (Lipinski definition) is 2. The predicted octanol–water partition coefficient (Wildman–Crippen LogP) is 2.58. The van der Waals surface area contributed by atoms with E-state index in [1.165, 1.54) is 6.08 Å². The number of rotatable bonds is 7. The van der Waals surface area contributed by atoms with Gasteiger partial charge < -0.3 is 15.2 Å². The van der Waals surface area contributed by atoms with Crippen LogP contribution in [0.3, 0.4) is 0 Å². The van der Waals surface area contributed by atoms with E-state index in [0.29, 0.717) is 23.1 Å². The minimum atomic E-state index is -0.452. The second-order valence-corrected chi connectivity index (χ2v) is 6.08. The van der Waals surface area contributed by atoms with Crippen LogP contribution in [0.1, 0.15) is 5.56 Å². The van der Waals surface area contributed by atoms with Crippen LogP contribution in [0, 0.1) is 0 Å². The number of hydrogen-bond acceptors (Lipinski definition) is 5. The molecule has 7 heteroatoms. The summed E-state index contributed by atoms with van der Waals surface area (Å²) < 4.78 is 5.70. The lowest BCUT2D eigenvalue weighted by Crippen LogP contribution is -2.34. The van der Waals surface area contributed by atoms with Gasteiger partial charge in [-0.2, -0.15) is 0 Å². The van der Waals surface area contributed by atoms with E-state index in [1.807, 2.05) is 12.1 Å². The zero-order valence-corrected chi connectivity index (χ0v) is 14.6. The fourth-order valence-corrected chi connectivity index (χ4v) is 2.57. The molecule has 0 bridgehead atoms. The molecule has 2 aromatic carbocycles. The molecule has 2 N–H and O–H groups in total. The first kappa shape index (κ1) is 18.0. The van der Waals surface area contributed by atoms with Crippen molar-refractivity contribution in [2.24, 2.45) is 0 Å². The summed E-state index contributed by atoms with van der Waals surface area (Å²) in [5.74, 6) is -0.211. The maximum absolute atomic E-state index is 12.1. The fourth-order valence-electron chi connectivity index (χ4n) is 2.45. The normalized spacial score (nSPS) is 13.8. The van der Waals surface area contributed by atoms with Crippen molar-refractivity contribution in [2.45, 2.75) is 6.61 Å². The maximum Gasteiger partial charge on any atom is 0.277 e. The highest BCUT2D eigenvalue weighted by Crippen LogP contribution is 2.21. The number of nitrogens with zero attached hydrogens (tertiary/aromatic N) is 1. The molecular weight excluding hydrogens is 356 g/mol. The molecule has 1 aliphatic rings. The molecule has 0 aliphatic carbocycles. The number of anilines is 1. The molecule has 6 nitrogen and oxygen atoms in total. The van der Waals surface area contributed by atoms with Crippen molar-refractivity contribution < 1.29 is 19.4 Å². The number of carbonyl (C=O) groups excluding carboxylic acids is 2. The van der Waals surface area contributed by atoms with Gasteiger partial charge in [0.1, 0.15) is 18.1 Å². The summed E-state index contributed by atoms with van der Waals surface area (Å²) in [7, 11) is 0. The maximum atomic E-state index is 12.1. The van der Waals surface area contributed by atoms with Crippen molar-refractivity contribution in [3.05, 3.63) is 70.9 Å². The quantitative estimate of drug-likeness (QED) is 0.730. The first-order chi connectivity index (χ1) is 12.6. The zero-order valence-electron chi connectivity index (χ0n) is 13.8. The highest BCUT2D eigenvalue weighted by atomic mass is 35.5.